The molecule has 0 saturated carbocycles. The molecule has 1 fully saturated rings. The van der Waals surface area contributed by atoms with Crippen LogP contribution in [0.5, 0.6) is 5.75 Å². The number of nitro benzene ring substituents is 1. The number of nitrogens with zero attached hydrogens (tertiary/aromatic N) is 2. The first kappa shape index (κ1) is 26.7. The maximum Gasteiger partial charge on any atom is 0.407 e. The molecule has 1 saturated heterocycles. The molecule has 0 aliphatic carbocycles. The van der Waals surface area contributed by atoms with Crippen LogP contribution in [0.1, 0.15) is 39.2 Å². The first-order valence-corrected chi connectivity index (χ1v) is 14.9. The minimum atomic E-state index is -2.21. The Kier molecular flexibility index (Phi) is 8.22. The molecule has 0 radical (unpaired) electrons. The molecule has 1 heterocycles. The standard InChI is InChI=1S/C26H36N2O6Si/c1-26(2,3)35(4,5)34-24(18-33-22-9-7-6-8-10-22)23-16-15-21(27(23)25(29)30)17-19-11-13-20(14-12-19)28(31)32/h6-14,21,23-24H,15-18H2,1-5H3,(H,29,30)/t21-,23-,24-/m1/s1. The molecule has 1 amide bonds. The molecule has 0 bridgehead atoms. The smallest absolute Gasteiger partial charge is 0.407 e. The number of nitro groups is 1. The topological polar surface area (TPSA) is 102 Å². The number of likely N-dealkylation sites (tertiary alicyclic amines) is 1. The number of para-hydroxylation sites is 1. The molecule has 190 valence electrons. The van der Waals surface area contributed by atoms with E-state index in [1.807, 2.05) is 30.3 Å². The Balaban J connectivity index is 1.82. The molecule has 3 rings (SSSR count). The van der Waals surface area contributed by atoms with Gasteiger partial charge in [-0.1, -0.05) is 51.1 Å². The van der Waals surface area contributed by atoms with Crippen molar-refractivity contribution in [1.82, 2.24) is 4.90 Å². The zero-order valence-corrected chi connectivity index (χ0v) is 22.1. The van der Waals surface area contributed by atoms with Crippen molar-refractivity contribution in [2.75, 3.05) is 6.61 Å². The lowest BCUT2D eigenvalue weighted by molar-refractivity contribution is -0.384. The highest BCUT2D eigenvalue weighted by molar-refractivity contribution is 6.74. The molecule has 9 heteroatoms. The van der Waals surface area contributed by atoms with Crippen molar-refractivity contribution in [2.45, 2.75) is 76.4 Å². The third-order valence-electron chi connectivity index (χ3n) is 7.22. The van der Waals surface area contributed by atoms with E-state index in [2.05, 4.69) is 33.9 Å². The van der Waals surface area contributed by atoms with Crippen LogP contribution in [-0.4, -0.2) is 54.1 Å². The van der Waals surface area contributed by atoms with Crippen LogP contribution in [-0.2, 0) is 10.8 Å². The van der Waals surface area contributed by atoms with E-state index in [0.29, 0.717) is 19.3 Å². The van der Waals surface area contributed by atoms with E-state index in [1.54, 1.807) is 12.1 Å². The zero-order valence-electron chi connectivity index (χ0n) is 21.1. The van der Waals surface area contributed by atoms with E-state index in [1.165, 1.54) is 17.0 Å². The first-order chi connectivity index (χ1) is 16.4. The third kappa shape index (κ3) is 6.61. The van der Waals surface area contributed by atoms with Gasteiger partial charge in [-0.2, -0.15) is 0 Å². The molecule has 0 unspecified atom stereocenters. The van der Waals surface area contributed by atoms with Crippen LogP contribution in [0.15, 0.2) is 54.6 Å². The number of carboxylic acid groups (broad SMARTS) is 1. The fraction of sp³-hybridized carbons (Fsp3) is 0.500. The second-order valence-electron chi connectivity index (χ2n) is 10.7. The van der Waals surface area contributed by atoms with Gasteiger partial charge in [-0.3, -0.25) is 15.0 Å². The summed E-state index contributed by atoms with van der Waals surface area (Å²) in [5.74, 6) is 0.721. The lowest BCUT2D eigenvalue weighted by Gasteiger charge is -2.42. The van der Waals surface area contributed by atoms with Gasteiger partial charge in [-0.05, 0) is 55.1 Å². The van der Waals surface area contributed by atoms with E-state index in [9.17, 15) is 20.0 Å². The van der Waals surface area contributed by atoms with Gasteiger partial charge < -0.3 is 14.3 Å². The number of carbonyl (C=O) groups is 1. The summed E-state index contributed by atoms with van der Waals surface area (Å²) in [5.41, 5.74) is 0.893. The maximum absolute atomic E-state index is 12.4. The Labute approximate surface area is 208 Å². The van der Waals surface area contributed by atoms with Crippen LogP contribution in [0.2, 0.25) is 18.1 Å². The quantitative estimate of drug-likeness (QED) is 0.253. The summed E-state index contributed by atoms with van der Waals surface area (Å²) in [4.78, 5) is 24.5. The Bertz CT molecular complexity index is 1010. The van der Waals surface area contributed by atoms with Crippen LogP contribution in [0.25, 0.3) is 0 Å². The van der Waals surface area contributed by atoms with Gasteiger partial charge in [0.15, 0.2) is 8.32 Å². The van der Waals surface area contributed by atoms with E-state index in [4.69, 9.17) is 9.16 Å². The molecular formula is C26H36N2O6Si. The molecule has 8 nitrogen and oxygen atoms in total. The predicted octanol–water partition coefficient (Wildman–Crippen LogP) is 6.12. The zero-order chi connectivity index (χ0) is 25.8. The van der Waals surface area contributed by atoms with Crippen molar-refractivity contribution < 1.29 is 24.0 Å². The summed E-state index contributed by atoms with van der Waals surface area (Å²) >= 11 is 0. The van der Waals surface area contributed by atoms with Gasteiger partial charge in [0.25, 0.3) is 5.69 Å². The average molecular weight is 501 g/mol. The monoisotopic (exact) mass is 500 g/mol. The van der Waals surface area contributed by atoms with Gasteiger partial charge in [0, 0.05) is 18.2 Å². The summed E-state index contributed by atoms with van der Waals surface area (Å²) in [7, 11) is -2.21. The summed E-state index contributed by atoms with van der Waals surface area (Å²) < 4.78 is 12.8. The van der Waals surface area contributed by atoms with Gasteiger partial charge in [0.05, 0.1) is 17.1 Å². The van der Waals surface area contributed by atoms with E-state index in [-0.39, 0.29) is 29.4 Å². The van der Waals surface area contributed by atoms with Crippen LogP contribution in [0, 0.1) is 10.1 Å². The molecule has 3 atom stereocenters. The van der Waals surface area contributed by atoms with Gasteiger partial charge in [-0.15, -0.1) is 0 Å². The van der Waals surface area contributed by atoms with Gasteiger partial charge in [0.1, 0.15) is 12.4 Å². The summed E-state index contributed by atoms with van der Waals surface area (Å²) in [6, 6.07) is 15.2. The summed E-state index contributed by atoms with van der Waals surface area (Å²) in [5, 5.41) is 21.1. The van der Waals surface area contributed by atoms with Crippen molar-refractivity contribution >= 4 is 20.1 Å². The van der Waals surface area contributed by atoms with Crippen molar-refractivity contribution in [3.63, 3.8) is 0 Å². The molecule has 1 aliphatic rings. The Morgan fingerprint density at radius 2 is 1.77 bits per heavy atom. The SMILES string of the molecule is CC(C)(C)[Si](C)(C)O[C@H](COc1ccccc1)[C@H]1CC[C@H](Cc2ccc([N+](=O)[O-])cc2)N1C(=O)O. The average Bonchev–Trinajstić information content (AvgIpc) is 3.20. The van der Waals surface area contributed by atoms with Crippen molar-refractivity contribution in [3.05, 3.63) is 70.3 Å². The van der Waals surface area contributed by atoms with Gasteiger partial charge in [0.2, 0.25) is 0 Å². The lowest BCUT2D eigenvalue weighted by atomic mass is 10.0. The summed E-state index contributed by atoms with van der Waals surface area (Å²) in [6.45, 7) is 11.1. The largest absolute Gasteiger partial charge is 0.491 e. The minimum absolute atomic E-state index is 0.0223. The van der Waals surface area contributed by atoms with Gasteiger partial charge in [-0.25, -0.2) is 4.79 Å². The highest BCUT2D eigenvalue weighted by Gasteiger charge is 2.46. The molecule has 2 aromatic rings. The van der Waals surface area contributed by atoms with E-state index >= 15 is 0 Å². The van der Waals surface area contributed by atoms with Crippen molar-refractivity contribution in [1.29, 1.82) is 0 Å². The number of ether oxygens (including phenoxy) is 1. The Morgan fingerprint density at radius 1 is 1.14 bits per heavy atom. The lowest BCUT2D eigenvalue weighted by Crippen LogP contribution is -2.54. The maximum atomic E-state index is 12.4. The fourth-order valence-electron chi connectivity index (χ4n) is 4.28. The normalized spacial score (nSPS) is 19.4. The molecule has 0 spiro atoms. The number of hydrogen-bond donors (Lipinski definition) is 1. The molecular weight excluding hydrogens is 464 g/mol. The third-order valence-corrected chi connectivity index (χ3v) is 11.7. The predicted molar refractivity (Wildman–Crippen MR) is 137 cm³/mol. The van der Waals surface area contributed by atoms with Gasteiger partial charge >= 0.3 is 6.09 Å². The number of rotatable bonds is 9. The molecule has 35 heavy (non-hydrogen) atoms. The minimum Gasteiger partial charge on any atom is -0.491 e. The molecule has 2 aromatic carbocycles. The van der Waals surface area contributed by atoms with E-state index < -0.39 is 25.4 Å². The molecule has 1 N–H and O–H groups in total. The Hall–Kier alpha value is -2.91. The van der Waals surface area contributed by atoms with Crippen LogP contribution >= 0.6 is 0 Å². The molecule has 0 aromatic heterocycles. The number of benzene rings is 2. The number of non-ortho nitro benzene ring substituents is 1. The molecule has 1 aliphatic heterocycles. The van der Waals surface area contributed by atoms with Crippen LogP contribution in [0.4, 0.5) is 10.5 Å². The second-order valence-corrected chi connectivity index (χ2v) is 15.4. The highest BCUT2D eigenvalue weighted by atomic mass is 28.4. The summed E-state index contributed by atoms with van der Waals surface area (Å²) in [6.07, 6.45) is 0.461. The number of amides is 1. The van der Waals surface area contributed by atoms with Crippen molar-refractivity contribution in [3.8, 4) is 5.75 Å². The highest BCUT2D eigenvalue weighted by Crippen LogP contribution is 2.40. The second kappa shape index (κ2) is 10.8. The van der Waals surface area contributed by atoms with E-state index in [0.717, 1.165) is 11.3 Å². The first-order valence-electron chi connectivity index (χ1n) is 12.0. The number of hydrogen-bond acceptors (Lipinski definition) is 5. The van der Waals surface area contributed by atoms with Crippen LogP contribution in [0.3, 0.4) is 0 Å². The Morgan fingerprint density at radius 3 is 2.31 bits per heavy atom. The van der Waals surface area contributed by atoms with Crippen molar-refractivity contribution in [2.24, 2.45) is 0 Å². The van der Waals surface area contributed by atoms with Crippen LogP contribution < -0.4 is 4.74 Å². The fourth-order valence-corrected chi connectivity index (χ4v) is 5.61.